The quantitative estimate of drug-likeness (QED) is 0.637. The van der Waals surface area contributed by atoms with Gasteiger partial charge in [0.25, 0.3) is 10.0 Å². The van der Waals surface area contributed by atoms with Gasteiger partial charge in [0.1, 0.15) is 6.04 Å². The monoisotopic (exact) mass is 517 g/mol. The maximum Gasteiger partial charge on any atom is 0.264 e. The number of carbonyl (C=O) groups excluding carboxylic acids is 2. The summed E-state index contributed by atoms with van der Waals surface area (Å²) in [5.41, 5.74) is 3.37. The Morgan fingerprint density at radius 1 is 1.19 bits per heavy atom. The van der Waals surface area contributed by atoms with Gasteiger partial charge in [0, 0.05) is 22.9 Å². The number of amides is 2. The molecule has 1 aliphatic heterocycles. The van der Waals surface area contributed by atoms with E-state index >= 15 is 0 Å². The van der Waals surface area contributed by atoms with E-state index in [0.717, 1.165) is 27.2 Å². The highest BCUT2D eigenvalue weighted by Crippen LogP contribution is 2.26. The summed E-state index contributed by atoms with van der Waals surface area (Å²) in [4.78, 5) is 25.4. The summed E-state index contributed by atoms with van der Waals surface area (Å²) in [6, 6.07) is 11.3. The Bertz CT molecular complexity index is 1180. The number of sulfonamides is 1. The van der Waals surface area contributed by atoms with Gasteiger partial charge in [-0.1, -0.05) is 39.7 Å². The molecule has 2 amide bonds. The molecule has 9 heteroatoms. The predicted octanol–water partition coefficient (Wildman–Crippen LogP) is 2.78. The van der Waals surface area contributed by atoms with Crippen LogP contribution in [0, 0.1) is 6.92 Å². The number of hydrogen-bond acceptors (Lipinski definition) is 4. The van der Waals surface area contributed by atoms with E-state index in [1.165, 1.54) is 35.7 Å². The topological polar surface area (TPSA) is 95.6 Å². The van der Waals surface area contributed by atoms with Crippen molar-refractivity contribution in [3.8, 4) is 0 Å². The molecular formula is C23H24BrN3O4S. The summed E-state index contributed by atoms with van der Waals surface area (Å²) < 4.78 is 28.3. The van der Waals surface area contributed by atoms with Gasteiger partial charge in [0.05, 0.1) is 11.3 Å². The average molecular weight is 518 g/mol. The molecule has 0 fully saturated rings. The fourth-order valence-corrected chi connectivity index (χ4v) is 5.94. The van der Waals surface area contributed by atoms with E-state index in [1.54, 1.807) is 12.1 Å². The van der Waals surface area contributed by atoms with E-state index in [-0.39, 0.29) is 23.3 Å². The zero-order valence-electron chi connectivity index (χ0n) is 17.5. The van der Waals surface area contributed by atoms with Gasteiger partial charge in [-0.25, -0.2) is 8.42 Å². The fraction of sp³-hybridized carbons (Fsp3) is 0.304. The van der Waals surface area contributed by atoms with E-state index in [4.69, 9.17) is 0 Å². The molecule has 1 aliphatic carbocycles. The molecule has 0 saturated heterocycles. The van der Waals surface area contributed by atoms with Gasteiger partial charge in [0.2, 0.25) is 11.8 Å². The highest BCUT2D eigenvalue weighted by atomic mass is 79.9. The maximum absolute atomic E-state index is 13.1. The van der Waals surface area contributed by atoms with Crippen LogP contribution >= 0.6 is 15.9 Å². The molecule has 0 spiro atoms. The number of nitrogens with zero attached hydrogens (tertiary/aromatic N) is 1. The van der Waals surface area contributed by atoms with E-state index in [1.807, 2.05) is 19.1 Å². The Morgan fingerprint density at radius 2 is 1.94 bits per heavy atom. The molecular weight excluding hydrogens is 494 g/mol. The molecule has 0 bridgehead atoms. The van der Waals surface area contributed by atoms with Crippen LogP contribution in [0.25, 0.3) is 0 Å². The first-order valence-corrected chi connectivity index (χ1v) is 12.6. The van der Waals surface area contributed by atoms with Gasteiger partial charge >= 0.3 is 0 Å². The zero-order valence-corrected chi connectivity index (χ0v) is 19.9. The van der Waals surface area contributed by atoms with Crippen molar-refractivity contribution < 1.29 is 18.0 Å². The third-order valence-corrected chi connectivity index (χ3v) is 8.09. The van der Waals surface area contributed by atoms with Crippen LogP contribution < -0.4 is 10.6 Å². The number of hydrogen-bond donors (Lipinski definition) is 2. The van der Waals surface area contributed by atoms with Gasteiger partial charge in [-0.3, -0.25) is 13.9 Å². The van der Waals surface area contributed by atoms with Crippen LogP contribution in [-0.4, -0.2) is 36.6 Å². The molecule has 2 aliphatic rings. The fourth-order valence-electron chi connectivity index (χ4n) is 4.08. The van der Waals surface area contributed by atoms with Crippen LogP contribution in [0.2, 0.25) is 0 Å². The third-order valence-electron chi connectivity index (χ3n) is 5.79. The van der Waals surface area contributed by atoms with Crippen molar-refractivity contribution in [3.05, 3.63) is 76.0 Å². The van der Waals surface area contributed by atoms with Crippen LogP contribution in [0.4, 0.5) is 0 Å². The van der Waals surface area contributed by atoms with Crippen LogP contribution in [-0.2, 0) is 32.5 Å². The van der Waals surface area contributed by atoms with Gasteiger partial charge in [-0.15, -0.1) is 0 Å². The largest absolute Gasteiger partial charge is 0.353 e. The predicted molar refractivity (Wildman–Crippen MR) is 124 cm³/mol. The average Bonchev–Trinajstić information content (AvgIpc) is 2.75. The minimum absolute atomic E-state index is 0.0551. The highest BCUT2D eigenvalue weighted by molar-refractivity contribution is 9.10. The number of fused-ring (bicyclic) bond motifs is 1. The molecule has 4 rings (SSSR count). The van der Waals surface area contributed by atoms with E-state index in [0.29, 0.717) is 6.42 Å². The normalized spacial score (nSPS) is 20.4. The summed E-state index contributed by atoms with van der Waals surface area (Å²) in [6.45, 7) is 1.86. The zero-order chi connectivity index (χ0) is 22.9. The second kappa shape index (κ2) is 9.07. The molecule has 1 heterocycles. The summed E-state index contributed by atoms with van der Waals surface area (Å²) >= 11 is 3.48. The Kier molecular flexibility index (Phi) is 6.39. The number of rotatable bonds is 5. The molecule has 0 radical (unpaired) electrons. The number of carbonyl (C=O) groups is 2. The molecule has 168 valence electrons. The lowest BCUT2D eigenvalue weighted by atomic mass is 9.88. The Labute approximate surface area is 196 Å². The first-order valence-electron chi connectivity index (χ1n) is 10.4. The summed E-state index contributed by atoms with van der Waals surface area (Å²) in [5.74, 6) is -0.882. The Balaban J connectivity index is 1.47. The van der Waals surface area contributed by atoms with E-state index < -0.39 is 22.0 Å². The van der Waals surface area contributed by atoms with Crippen molar-refractivity contribution in [1.82, 2.24) is 14.9 Å². The Hall–Kier alpha value is -2.65. The molecule has 0 unspecified atom stereocenters. The van der Waals surface area contributed by atoms with Gasteiger partial charge in [-0.2, -0.15) is 0 Å². The summed E-state index contributed by atoms with van der Waals surface area (Å²) in [5, 5.41) is 5.50. The Morgan fingerprint density at radius 3 is 2.69 bits per heavy atom. The van der Waals surface area contributed by atoms with Crippen LogP contribution in [0.3, 0.4) is 0 Å². The van der Waals surface area contributed by atoms with Crippen molar-refractivity contribution in [1.29, 1.82) is 0 Å². The maximum atomic E-state index is 13.1. The van der Waals surface area contributed by atoms with Crippen molar-refractivity contribution >= 4 is 37.8 Å². The summed E-state index contributed by atoms with van der Waals surface area (Å²) in [6.07, 6.45) is 4.65. The number of benzene rings is 2. The molecule has 0 saturated carbocycles. The lowest BCUT2D eigenvalue weighted by Gasteiger charge is -2.32. The third kappa shape index (κ3) is 4.73. The van der Waals surface area contributed by atoms with E-state index in [2.05, 4.69) is 32.6 Å². The minimum Gasteiger partial charge on any atom is -0.353 e. The number of nitrogens with one attached hydrogen (secondary N) is 2. The molecule has 2 N–H and O–H groups in total. The molecule has 0 aromatic heterocycles. The second-order valence-corrected chi connectivity index (χ2v) is 10.9. The number of aryl methyl sites for hydroxylation is 2. The van der Waals surface area contributed by atoms with Crippen molar-refractivity contribution in [2.75, 3.05) is 0 Å². The second-order valence-electron chi connectivity index (χ2n) is 8.11. The van der Waals surface area contributed by atoms with Gasteiger partial charge < -0.3 is 10.6 Å². The first kappa shape index (κ1) is 22.5. The molecule has 2 aromatic rings. The SMILES string of the molecule is Cc1ccc(S(=O)(=O)N2C=CNC(=O)[C@H]2CC(=O)N[C@@H]2CCc3cc(Br)ccc3C2)cc1. The molecule has 7 nitrogen and oxygen atoms in total. The molecule has 32 heavy (non-hydrogen) atoms. The smallest absolute Gasteiger partial charge is 0.264 e. The van der Waals surface area contributed by atoms with Crippen LogP contribution in [0.5, 0.6) is 0 Å². The molecule has 2 aromatic carbocycles. The number of halogens is 1. The van der Waals surface area contributed by atoms with Crippen molar-refractivity contribution in [2.45, 2.75) is 49.6 Å². The highest BCUT2D eigenvalue weighted by Gasteiger charge is 2.37. The standard InChI is InChI=1S/C23H24BrN3O4S/c1-15-2-8-20(9-3-15)32(30,31)27-11-10-25-23(29)21(27)14-22(28)26-19-7-5-16-12-18(24)6-4-17(16)13-19/h2-4,6,8-12,19,21H,5,7,13-14H2,1H3,(H,25,29)(H,26,28)/t19-,21-/m1/s1. The first-order chi connectivity index (χ1) is 15.2. The van der Waals surface area contributed by atoms with Crippen LogP contribution in [0.1, 0.15) is 29.5 Å². The summed E-state index contributed by atoms with van der Waals surface area (Å²) in [7, 11) is -3.98. The van der Waals surface area contributed by atoms with Crippen LogP contribution in [0.15, 0.2) is 64.2 Å². The van der Waals surface area contributed by atoms with Gasteiger partial charge in [-0.05, 0) is 61.6 Å². The van der Waals surface area contributed by atoms with Crippen molar-refractivity contribution in [2.24, 2.45) is 0 Å². The van der Waals surface area contributed by atoms with Gasteiger partial charge in [0.15, 0.2) is 0 Å². The lowest BCUT2D eigenvalue weighted by molar-refractivity contribution is -0.129. The lowest BCUT2D eigenvalue weighted by Crippen LogP contribution is -2.52. The van der Waals surface area contributed by atoms with E-state index in [9.17, 15) is 18.0 Å². The minimum atomic E-state index is -3.98. The van der Waals surface area contributed by atoms with Crippen molar-refractivity contribution in [3.63, 3.8) is 0 Å². The molecule has 2 atom stereocenters.